The maximum atomic E-state index is 11.9. The predicted octanol–water partition coefficient (Wildman–Crippen LogP) is 2.65. The van der Waals surface area contributed by atoms with Crippen LogP contribution in [0.1, 0.15) is 22.8 Å². The maximum Gasteiger partial charge on any atom is 0.228 e. The molecule has 0 fully saturated rings. The van der Waals surface area contributed by atoms with Crippen LogP contribution in [-0.4, -0.2) is 11.7 Å². The number of nitrogen functional groups attached to an aromatic ring is 1. The Bertz CT molecular complexity index is 633. The zero-order valence-corrected chi connectivity index (χ0v) is 11.2. The maximum absolute atomic E-state index is 11.9. The van der Waals surface area contributed by atoms with Crippen LogP contribution in [0.25, 0.3) is 0 Å². The van der Waals surface area contributed by atoms with E-state index >= 15 is 0 Å². The van der Waals surface area contributed by atoms with Crippen molar-refractivity contribution in [1.29, 1.82) is 0 Å². The SMILES string of the molecule is CC(=O)c1ccc(NC(=O)Cc2cccc(N)c2)cc1. The number of nitrogens with two attached hydrogens (primary N) is 1. The van der Waals surface area contributed by atoms with Gasteiger partial charge in [0.2, 0.25) is 5.91 Å². The lowest BCUT2D eigenvalue weighted by Gasteiger charge is -2.06. The molecule has 0 radical (unpaired) electrons. The van der Waals surface area contributed by atoms with Crippen molar-refractivity contribution >= 4 is 23.1 Å². The van der Waals surface area contributed by atoms with Crippen LogP contribution < -0.4 is 11.1 Å². The first-order valence-corrected chi connectivity index (χ1v) is 6.30. The lowest BCUT2D eigenvalue weighted by atomic mass is 10.1. The van der Waals surface area contributed by atoms with Gasteiger partial charge in [-0.1, -0.05) is 12.1 Å². The largest absolute Gasteiger partial charge is 0.399 e. The van der Waals surface area contributed by atoms with Crippen molar-refractivity contribution in [2.45, 2.75) is 13.3 Å². The lowest BCUT2D eigenvalue weighted by molar-refractivity contribution is -0.115. The smallest absolute Gasteiger partial charge is 0.228 e. The number of hydrogen-bond acceptors (Lipinski definition) is 3. The molecule has 0 aliphatic heterocycles. The Balaban J connectivity index is 1.99. The quantitative estimate of drug-likeness (QED) is 0.661. The van der Waals surface area contributed by atoms with Gasteiger partial charge in [0.25, 0.3) is 0 Å². The molecular weight excluding hydrogens is 252 g/mol. The molecular formula is C16H16N2O2. The van der Waals surface area contributed by atoms with Crippen LogP contribution in [-0.2, 0) is 11.2 Å². The average Bonchev–Trinajstić information content (AvgIpc) is 2.39. The first-order chi connectivity index (χ1) is 9.54. The van der Waals surface area contributed by atoms with Gasteiger partial charge >= 0.3 is 0 Å². The fourth-order valence-electron chi connectivity index (χ4n) is 1.88. The Morgan fingerprint density at radius 2 is 1.80 bits per heavy atom. The molecule has 0 heterocycles. The Morgan fingerprint density at radius 3 is 2.40 bits per heavy atom. The molecule has 0 saturated heterocycles. The summed E-state index contributed by atoms with van der Waals surface area (Å²) in [7, 11) is 0. The summed E-state index contributed by atoms with van der Waals surface area (Å²) >= 11 is 0. The third-order valence-electron chi connectivity index (χ3n) is 2.89. The molecule has 4 heteroatoms. The number of carbonyl (C=O) groups excluding carboxylic acids is 2. The van der Waals surface area contributed by atoms with E-state index in [-0.39, 0.29) is 18.1 Å². The molecule has 0 aromatic heterocycles. The van der Waals surface area contributed by atoms with Crippen LogP contribution in [0.3, 0.4) is 0 Å². The van der Waals surface area contributed by atoms with E-state index in [9.17, 15) is 9.59 Å². The number of ketones is 1. The number of nitrogens with one attached hydrogen (secondary N) is 1. The van der Waals surface area contributed by atoms with Crippen LogP contribution in [0.5, 0.6) is 0 Å². The number of carbonyl (C=O) groups is 2. The summed E-state index contributed by atoms with van der Waals surface area (Å²) in [5, 5.41) is 2.78. The highest BCUT2D eigenvalue weighted by Crippen LogP contribution is 2.12. The van der Waals surface area contributed by atoms with Gasteiger partial charge in [0.15, 0.2) is 5.78 Å². The van der Waals surface area contributed by atoms with Crippen molar-refractivity contribution in [3.05, 3.63) is 59.7 Å². The number of amides is 1. The molecule has 0 saturated carbocycles. The van der Waals surface area contributed by atoms with E-state index in [0.717, 1.165) is 5.56 Å². The van der Waals surface area contributed by atoms with Gasteiger partial charge in [-0.2, -0.15) is 0 Å². The molecule has 2 aromatic carbocycles. The van der Waals surface area contributed by atoms with Crippen LogP contribution in [0, 0.1) is 0 Å². The Labute approximate surface area is 117 Å². The molecule has 4 nitrogen and oxygen atoms in total. The van der Waals surface area contributed by atoms with Gasteiger partial charge in [-0.15, -0.1) is 0 Å². The van der Waals surface area contributed by atoms with Gasteiger partial charge in [0.1, 0.15) is 0 Å². The van der Waals surface area contributed by atoms with Crippen molar-refractivity contribution in [1.82, 2.24) is 0 Å². The summed E-state index contributed by atoms with van der Waals surface area (Å²) in [4.78, 5) is 23.0. The first kappa shape index (κ1) is 13.8. The monoisotopic (exact) mass is 268 g/mol. The number of hydrogen-bond donors (Lipinski definition) is 2. The third-order valence-corrected chi connectivity index (χ3v) is 2.89. The second kappa shape index (κ2) is 6.02. The van der Waals surface area contributed by atoms with E-state index in [2.05, 4.69) is 5.32 Å². The van der Waals surface area contributed by atoms with E-state index in [1.165, 1.54) is 6.92 Å². The second-order valence-electron chi connectivity index (χ2n) is 4.60. The van der Waals surface area contributed by atoms with E-state index in [4.69, 9.17) is 5.73 Å². The molecule has 20 heavy (non-hydrogen) atoms. The normalized spacial score (nSPS) is 10.1. The highest BCUT2D eigenvalue weighted by molar-refractivity contribution is 5.96. The van der Waals surface area contributed by atoms with Crippen LogP contribution in [0.2, 0.25) is 0 Å². The van der Waals surface area contributed by atoms with Crippen LogP contribution in [0.4, 0.5) is 11.4 Å². The highest BCUT2D eigenvalue weighted by Gasteiger charge is 2.05. The molecule has 102 valence electrons. The molecule has 0 spiro atoms. The Hall–Kier alpha value is -2.62. The number of benzene rings is 2. The van der Waals surface area contributed by atoms with Gasteiger partial charge in [0, 0.05) is 16.9 Å². The summed E-state index contributed by atoms with van der Waals surface area (Å²) in [5.41, 5.74) is 8.47. The van der Waals surface area contributed by atoms with Crippen molar-refractivity contribution in [3.63, 3.8) is 0 Å². The zero-order chi connectivity index (χ0) is 14.5. The summed E-state index contributed by atoms with van der Waals surface area (Å²) in [6, 6.07) is 14.0. The minimum absolute atomic E-state index is 0.00244. The zero-order valence-electron chi connectivity index (χ0n) is 11.2. The Kier molecular flexibility index (Phi) is 4.15. The molecule has 2 rings (SSSR count). The third kappa shape index (κ3) is 3.68. The van der Waals surface area contributed by atoms with Crippen LogP contribution in [0.15, 0.2) is 48.5 Å². The molecule has 0 unspecified atom stereocenters. The first-order valence-electron chi connectivity index (χ1n) is 6.30. The van der Waals surface area contributed by atoms with E-state index in [1.807, 2.05) is 12.1 Å². The summed E-state index contributed by atoms with van der Waals surface area (Å²) in [6.07, 6.45) is 0.263. The van der Waals surface area contributed by atoms with Gasteiger partial charge in [-0.05, 0) is 48.9 Å². The predicted molar refractivity (Wildman–Crippen MR) is 79.6 cm³/mol. The minimum atomic E-state index is -0.119. The standard InChI is InChI=1S/C16H16N2O2/c1-11(19)13-5-7-15(8-6-13)18-16(20)10-12-3-2-4-14(17)9-12/h2-9H,10,17H2,1H3,(H,18,20). The molecule has 0 aliphatic carbocycles. The highest BCUT2D eigenvalue weighted by atomic mass is 16.1. The van der Waals surface area contributed by atoms with Crippen molar-refractivity contribution in [3.8, 4) is 0 Å². The summed E-state index contributed by atoms with van der Waals surface area (Å²) in [5.74, 6) is -0.117. The van der Waals surface area contributed by atoms with Crippen molar-refractivity contribution < 1.29 is 9.59 Å². The van der Waals surface area contributed by atoms with Crippen LogP contribution >= 0.6 is 0 Å². The van der Waals surface area contributed by atoms with E-state index in [0.29, 0.717) is 16.9 Å². The van der Waals surface area contributed by atoms with Gasteiger partial charge < -0.3 is 11.1 Å². The lowest BCUT2D eigenvalue weighted by Crippen LogP contribution is -2.14. The fourth-order valence-corrected chi connectivity index (χ4v) is 1.88. The fraction of sp³-hybridized carbons (Fsp3) is 0.125. The van der Waals surface area contributed by atoms with Crippen molar-refractivity contribution in [2.75, 3.05) is 11.1 Å². The minimum Gasteiger partial charge on any atom is -0.399 e. The van der Waals surface area contributed by atoms with Gasteiger partial charge in [-0.3, -0.25) is 9.59 Å². The second-order valence-corrected chi connectivity index (χ2v) is 4.60. The molecule has 0 aliphatic rings. The average molecular weight is 268 g/mol. The Morgan fingerprint density at radius 1 is 1.10 bits per heavy atom. The van der Waals surface area contributed by atoms with Gasteiger partial charge in [-0.25, -0.2) is 0 Å². The topological polar surface area (TPSA) is 72.2 Å². The number of anilines is 2. The number of rotatable bonds is 4. The molecule has 0 atom stereocenters. The summed E-state index contributed by atoms with van der Waals surface area (Å²) < 4.78 is 0. The summed E-state index contributed by atoms with van der Waals surface area (Å²) in [6.45, 7) is 1.51. The molecule has 0 bridgehead atoms. The van der Waals surface area contributed by atoms with Crippen molar-refractivity contribution in [2.24, 2.45) is 0 Å². The number of Topliss-reactive ketones (excluding diaryl/α,β-unsaturated/α-hetero) is 1. The van der Waals surface area contributed by atoms with E-state index in [1.54, 1.807) is 36.4 Å². The molecule has 2 aromatic rings. The van der Waals surface area contributed by atoms with Gasteiger partial charge in [0.05, 0.1) is 6.42 Å². The molecule has 3 N–H and O–H groups in total. The van der Waals surface area contributed by atoms with E-state index < -0.39 is 0 Å². The molecule has 1 amide bonds.